The first-order valence-electron chi connectivity index (χ1n) is 9.82. The van der Waals surface area contributed by atoms with Gasteiger partial charge in [0.2, 0.25) is 0 Å². The maximum Gasteiger partial charge on any atom is 0.416 e. The van der Waals surface area contributed by atoms with Crippen molar-refractivity contribution in [2.45, 2.75) is 19.3 Å². The van der Waals surface area contributed by atoms with Gasteiger partial charge in [0.05, 0.1) is 16.7 Å². The van der Waals surface area contributed by atoms with Crippen LogP contribution in [0, 0.1) is 10.1 Å². The van der Waals surface area contributed by atoms with Gasteiger partial charge in [-0.25, -0.2) is 5.43 Å². The predicted molar refractivity (Wildman–Crippen MR) is 116 cm³/mol. The van der Waals surface area contributed by atoms with E-state index in [2.05, 4.69) is 10.5 Å². The van der Waals surface area contributed by atoms with Crippen LogP contribution in [0.3, 0.4) is 0 Å². The standard InChI is InChI=1S/C23H17F3N4O3/c24-23(25,26)19-2-1-3-21(11-19)29-13-17-7-6-16(10-18(17)14-29)22(31)28-27-12-15-4-8-20(9-5-15)30(32)33/h1-12H,13-14H2,(H,28,31). The molecular weight excluding hydrogens is 437 g/mol. The van der Waals surface area contributed by atoms with Crippen LogP contribution in [0.4, 0.5) is 24.5 Å². The summed E-state index contributed by atoms with van der Waals surface area (Å²) in [5.74, 6) is -0.450. The zero-order valence-corrected chi connectivity index (χ0v) is 17.0. The Morgan fingerprint density at radius 1 is 1.03 bits per heavy atom. The Hall–Kier alpha value is -4.21. The molecule has 1 aliphatic heterocycles. The van der Waals surface area contributed by atoms with Crippen molar-refractivity contribution in [1.82, 2.24) is 5.43 Å². The van der Waals surface area contributed by atoms with Crippen LogP contribution in [0.15, 0.2) is 71.8 Å². The molecule has 33 heavy (non-hydrogen) atoms. The molecule has 10 heteroatoms. The van der Waals surface area contributed by atoms with Crippen molar-refractivity contribution in [2.24, 2.45) is 5.10 Å². The van der Waals surface area contributed by atoms with Crippen LogP contribution in [-0.2, 0) is 19.3 Å². The molecule has 0 radical (unpaired) electrons. The smallest absolute Gasteiger partial charge is 0.363 e. The van der Waals surface area contributed by atoms with Gasteiger partial charge in [0.25, 0.3) is 11.6 Å². The number of carbonyl (C=O) groups excluding carboxylic acids is 1. The van der Waals surface area contributed by atoms with Gasteiger partial charge in [-0.2, -0.15) is 18.3 Å². The number of nitro benzene ring substituents is 1. The number of fused-ring (bicyclic) bond motifs is 1. The lowest BCUT2D eigenvalue weighted by Crippen LogP contribution is -2.18. The van der Waals surface area contributed by atoms with Crippen LogP contribution in [0.5, 0.6) is 0 Å². The topological polar surface area (TPSA) is 87.8 Å². The number of amides is 1. The van der Waals surface area contributed by atoms with Crippen LogP contribution in [0.2, 0.25) is 0 Å². The monoisotopic (exact) mass is 454 g/mol. The largest absolute Gasteiger partial charge is 0.416 e. The normalized spacial score (nSPS) is 13.2. The number of hydrogen-bond donors (Lipinski definition) is 1. The average molecular weight is 454 g/mol. The number of rotatable bonds is 5. The van der Waals surface area contributed by atoms with Crippen molar-refractivity contribution < 1.29 is 22.9 Å². The van der Waals surface area contributed by atoms with Crippen LogP contribution in [0.1, 0.15) is 32.6 Å². The van der Waals surface area contributed by atoms with Crippen molar-refractivity contribution in [3.05, 3.63) is 105 Å². The molecule has 1 heterocycles. The lowest BCUT2D eigenvalue weighted by molar-refractivity contribution is -0.384. The molecule has 0 saturated heterocycles. The number of nitro groups is 1. The van der Waals surface area contributed by atoms with E-state index in [-0.39, 0.29) is 5.69 Å². The number of benzene rings is 3. The number of anilines is 1. The van der Waals surface area contributed by atoms with Gasteiger partial charge in [-0.1, -0.05) is 12.1 Å². The zero-order chi connectivity index (χ0) is 23.6. The summed E-state index contributed by atoms with van der Waals surface area (Å²) in [6.45, 7) is 0.820. The first kappa shape index (κ1) is 22.0. The van der Waals surface area contributed by atoms with Gasteiger partial charge in [0, 0.05) is 36.5 Å². The maximum absolute atomic E-state index is 13.0. The molecule has 0 atom stereocenters. The maximum atomic E-state index is 13.0. The van der Waals surface area contributed by atoms with Crippen LogP contribution in [0.25, 0.3) is 0 Å². The van der Waals surface area contributed by atoms with E-state index in [1.54, 1.807) is 24.3 Å². The SMILES string of the molecule is O=C(NN=Cc1ccc([N+](=O)[O-])cc1)c1ccc2c(c1)CN(c1cccc(C(F)(F)F)c1)C2. The van der Waals surface area contributed by atoms with Crippen molar-refractivity contribution >= 4 is 23.5 Å². The molecule has 0 aliphatic carbocycles. The number of non-ortho nitro benzene ring substituents is 1. The molecule has 1 aliphatic rings. The fourth-order valence-electron chi connectivity index (χ4n) is 3.51. The summed E-state index contributed by atoms with van der Waals surface area (Å²) >= 11 is 0. The molecule has 3 aromatic carbocycles. The number of nitrogens with zero attached hydrogens (tertiary/aromatic N) is 3. The molecule has 0 aromatic heterocycles. The van der Waals surface area contributed by atoms with Crippen molar-refractivity contribution in [3.63, 3.8) is 0 Å². The highest BCUT2D eigenvalue weighted by Crippen LogP contribution is 2.34. The van der Waals surface area contributed by atoms with Crippen LogP contribution < -0.4 is 10.3 Å². The number of halogens is 3. The van der Waals surface area contributed by atoms with E-state index < -0.39 is 22.6 Å². The Bertz CT molecular complexity index is 1240. The summed E-state index contributed by atoms with van der Waals surface area (Å²) < 4.78 is 39.1. The highest BCUT2D eigenvalue weighted by molar-refractivity contribution is 5.95. The van der Waals surface area contributed by atoms with Gasteiger partial charge in [-0.15, -0.1) is 0 Å². The fraction of sp³-hybridized carbons (Fsp3) is 0.130. The lowest BCUT2D eigenvalue weighted by atomic mass is 10.1. The van der Waals surface area contributed by atoms with E-state index in [0.717, 1.165) is 23.3 Å². The number of hydrogen-bond acceptors (Lipinski definition) is 5. The van der Waals surface area contributed by atoms with Gasteiger partial charge < -0.3 is 4.90 Å². The van der Waals surface area contributed by atoms with Gasteiger partial charge in [-0.3, -0.25) is 14.9 Å². The Kier molecular flexibility index (Phi) is 5.82. The second-order valence-electron chi connectivity index (χ2n) is 7.44. The number of nitrogens with one attached hydrogen (secondary N) is 1. The Balaban J connectivity index is 1.42. The summed E-state index contributed by atoms with van der Waals surface area (Å²) in [5.41, 5.74) is 4.82. The van der Waals surface area contributed by atoms with E-state index in [1.807, 2.05) is 4.90 Å². The zero-order valence-electron chi connectivity index (χ0n) is 17.0. The summed E-state index contributed by atoms with van der Waals surface area (Å²) in [6.07, 6.45) is -3.05. The minimum Gasteiger partial charge on any atom is -0.363 e. The molecular formula is C23H17F3N4O3. The van der Waals surface area contributed by atoms with Crippen LogP contribution >= 0.6 is 0 Å². The number of carbonyl (C=O) groups is 1. The van der Waals surface area contributed by atoms with Crippen LogP contribution in [-0.4, -0.2) is 17.0 Å². The summed E-state index contributed by atoms with van der Waals surface area (Å²) in [7, 11) is 0. The number of hydrazone groups is 1. The molecule has 1 amide bonds. The second-order valence-corrected chi connectivity index (χ2v) is 7.44. The molecule has 168 valence electrons. The van der Waals surface area contributed by atoms with E-state index in [4.69, 9.17) is 0 Å². The van der Waals surface area contributed by atoms with Crippen molar-refractivity contribution in [1.29, 1.82) is 0 Å². The summed E-state index contributed by atoms with van der Waals surface area (Å²) in [4.78, 5) is 24.4. The van der Waals surface area contributed by atoms with Crippen molar-refractivity contribution in [3.8, 4) is 0 Å². The molecule has 7 nitrogen and oxygen atoms in total. The Labute approximate surface area is 186 Å². The van der Waals surface area contributed by atoms with E-state index in [0.29, 0.717) is 29.9 Å². The van der Waals surface area contributed by atoms with Crippen molar-refractivity contribution in [2.75, 3.05) is 4.90 Å². The molecule has 4 rings (SSSR count). The highest BCUT2D eigenvalue weighted by atomic mass is 19.4. The molecule has 0 spiro atoms. The molecule has 3 aromatic rings. The third-order valence-electron chi connectivity index (χ3n) is 5.21. The van der Waals surface area contributed by atoms with Gasteiger partial charge in [0.15, 0.2) is 0 Å². The Morgan fingerprint density at radius 3 is 2.45 bits per heavy atom. The fourth-order valence-corrected chi connectivity index (χ4v) is 3.51. The molecule has 0 unspecified atom stereocenters. The first-order chi connectivity index (χ1) is 15.7. The minimum atomic E-state index is -4.41. The predicted octanol–water partition coefficient (Wildman–Crippen LogP) is 4.90. The van der Waals surface area contributed by atoms with Gasteiger partial charge in [-0.05, 0) is 59.2 Å². The van der Waals surface area contributed by atoms with E-state index in [9.17, 15) is 28.1 Å². The second kappa shape index (κ2) is 8.73. The summed E-state index contributed by atoms with van der Waals surface area (Å²) in [5, 5.41) is 14.5. The first-order valence-corrected chi connectivity index (χ1v) is 9.82. The highest BCUT2D eigenvalue weighted by Gasteiger charge is 2.31. The minimum absolute atomic E-state index is 0.0477. The number of alkyl halides is 3. The van der Waals surface area contributed by atoms with Gasteiger partial charge >= 0.3 is 6.18 Å². The third kappa shape index (κ3) is 5.00. The molecule has 0 saturated carbocycles. The molecule has 0 bridgehead atoms. The lowest BCUT2D eigenvalue weighted by Gasteiger charge is -2.19. The average Bonchev–Trinajstić information content (AvgIpc) is 3.22. The van der Waals surface area contributed by atoms with Gasteiger partial charge in [0.1, 0.15) is 0 Å². The summed E-state index contributed by atoms with van der Waals surface area (Å²) in [6, 6.07) is 15.9. The quantitative estimate of drug-likeness (QED) is 0.338. The van der Waals surface area contributed by atoms with E-state index >= 15 is 0 Å². The molecule has 0 fully saturated rings. The third-order valence-corrected chi connectivity index (χ3v) is 5.21. The molecule has 1 N–H and O–H groups in total. The Morgan fingerprint density at radius 2 is 1.76 bits per heavy atom. The van der Waals surface area contributed by atoms with E-state index in [1.165, 1.54) is 36.5 Å².